The molecular formula is C39H49N3O10. The van der Waals surface area contributed by atoms with E-state index in [9.17, 15) is 24.0 Å². The first-order chi connectivity index (χ1) is 24.7. The van der Waals surface area contributed by atoms with E-state index in [2.05, 4.69) is 10.6 Å². The number of likely N-dealkylation sites (N-methyl/N-ethyl adjacent to an activating group) is 1. The molecule has 0 aliphatic carbocycles. The van der Waals surface area contributed by atoms with Crippen molar-refractivity contribution < 1.29 is 48.4 Å². The van der Waals surface area contributed by atoms with Crippen LogP contribution in [0.4, 0.5) is 4.79 Å². The highest BCUT2D eigenvalue weighted by Gasteiger charge is 2.33. The Hall–Kier alpha value is -5.59. The SMILES string of the molecule is CCCCCNC(=O)[C@H](Cc1ccc(OC(C(=O)O)C(=O)O)cc1)NC(=O)[C@H](Cc1ccc(OCc2ccccc2)cc1)N(C)C(=O)OC(C)(C)C. The zero-order valence-corrected chi connectivity index (χ0v) is 30.3. The van der Waals surface area contributed by atoms with Crippen LogP contribution in [-0.2, 0) is 43.4 Å². The van der Waals surface area contributed by atoms with Crippen LogP contribution < -0.4 is 20.1 Å². The van der Waals surface area contributed by atoms with Gasteiger partial charge in [-0.1, -0.05) is 74.4 Å². The van der Waals surface area contributed by atoms with Crippen LogP contribution in [0.15, 0.2) is 78.9 Å². The fourth-order valence-corrected chi connectivity index (χ4v) is 5.02. The van der Waals surface area contributed by atoms with Gasteiger partial charge in [0.1, 0.15) is 35.8 Å². The number of carboxylic acids is 2. The van der Waals surface area contributed by atoms with Crippen molar-refractivity contribution in [2.24, 2.45) is 0 Å². The molecule has 4 N–H and O–H groups in total. The average molecular weight is 720 g/mol. The Balaban J connectivity index is 1.83. The number of nitrogens with zero attached hydrogens (tertiary/aromatic N) is 1. The largest absolute Gasteiger partial charge is 0.489 e. The molecule has 280 valence electrons. The number of ether oxygens (including phenoxy) is 3. The smallest absolute Gasteiger partial charge is 0.410 e. The van der Waals surface area contributed by atoms with Crippen molar-refractivity contribution in [2.75, 3.05) is 13.6 Å². The molecule has 0 heterocycles. The maximum Gasteiger partial charge on any atom is 0.410 e. The van der Waals surface area contributed by atoms with Gasteiger partial charge < -0.3 is 35.1 Å². The lowest BCUT2D eigenvalue weighted by Gasteiger charge is -2.31. The molecule has 0 aromatic heterocycles. The molecule has 3 aromatic carbocycles. The molecule has 0 saturated carbocycles. The average Bonchev–Trinajstić information content (AvgIpc) is 3.10. The van der Waals surface area contributed by atoms with Crippen molar-refractivity contribution in [1.29, 1.82) is 0 Å². The van der Waals surface area contributed by atoms with Crippen LogP contribution in [0, 0.1) is 0 Å². The zero-order valence-electron chi connectivity index (χ0n) is 30.3. The fraction of sp³-hybridized carbons (Fsp3) is 0.410. The summed E-state index contributed by atoms with van der Waals surface area (Å²) in [6.07, 6.45) is -0.0664. The minimum absolute atomic E-state index is 0.00122. The van der Waals surface area contributed by atoms with Gasteiger partial charge >= 0.3 is 18.0 Å². The zero-order chi connectivity index (χ0) is 38.3. The van der Waals surface area contributed by atoms with Gasteiger partial charge in [-0.3, -0.25) is 14.5 Å². The van der Waals surface area contributed by atoms with E-state index in [1.54, 1.807) is 45.0 Å². The van der Waals surface area contributed by atoms with E-state index in [4.69, 9.17) is 24.4 Å². The molecule has 52 heavy (non-hydrogen) atoms. The first-order valence-electron chi connectivity index (χ1n) is 17.2. The van der Waals surface area contributed by atoms with Crippen molar-refractivity contribution in [1.82, 2.24) is 15.5 Å². The topological polar surface area (TPSA) is 181 Å². The Kier molecular flexibility index (Phi) is 15.5. The van der Waals surface area contributed by atoms with Gasteiger partial charge in [-0.25, -0.2) is 14.4 Å². The van der Waals surface area contributed by atoms with Crippen molar-refractivity contribution >= 4 is 29.8 Å². The van der Waals surface area contributed by atoms with E-state index >= 15 is 0 Å². The molecule has 0 saturated heterocycles. The van der Waals surface area contributed by atoms with Crippen LogP contribution in [0.2, 0.25) is 0 Å². The molecule has 2 atom stereocenters. The van der Waals surface area contributed by atoms with E-state index in [1.807, 2.05) is 49.4 Å². The Labute approximate surface area is 304 Å². The van der Waals surface area contributed by atoms with Gasteiger partial charge in [0.15, 0.2) is 0 Å². The molecule has 0 radical (unpaired) electrons. The number of carbonyl (C=O) groups is 5. The van der Waals surface area contributed by atoms with Crippen molar-refractivity contribution in [3.05, 3.63) is 95.6 Å². The van der Waals surface area contributed by atoms with Crippen molar-refractivity contribution in [2.45, 2.75) is 90.2 Å². The summed E-state index contributed by atoms with van der Waals surface area (Å²) in [4.78, 5) is 64.5. The minimum Gasteiger partial charge on any atom is -0.489 e. The van der Waals surface area contributed by atoms with E-state index in [0.29, 0.717) is 24.5 Å². The molecule has 0 fully saturated rings. The van der Waals surface area contributed by atoms with Crippen LogP contribution in [0.5, 0.6) is 11.5 Å². The Bertz CT molecular complexity index is 1610. The standard InChI is InChI=1S/C39H49N3O10/c1-6-7-11-22-40-34(43)31(23-26-16-20-30(21-17-26)51-33(36(45)46)37(47)48)41-35(44)32(42(5)38(49)52-39(2,3)4)24-27-14-18-29(19-15-27)50-25-28-12-9-8-10-13-28/h8-10,12-21,31-33H,6-7,11,22-25H2,1-5H3,(H,40,43)(H,41,44)(H,45,46)(H,47,48)/t31-,32-/m0/s1. The maximum absolute atomic E-state index is 14.1. The maximum atomic E-state index is 14.1. The number of hydrogen-bond donors (Lipinski definition) is 4. The van der Waals surface area contributed by atoms with E-state index < -0.39 is 53.6 Å². The quantitative estimate of drug-likeness (QED) is 0.0973. The van der Waals surface area contributed by atoms with Crippen molar-refractivity contribution in [3.8, 4) is 11.5 Å². The summed E-state index contributed by atoms with van der Waals surface area (Å²) < 4.78 is 16.6. The first-order valence-corrected chi connectivity index (χ1v) is 17.2. The van der Waals surface area contributed by atoms with Crippen molar-refractivity contribution in [3.63, 3.8) is 0 Å². The number of carboxylic acid groups (broad SMARTS) is 2. The van der Waals surface area contributed by atoms with Gasteiger partial charge in [0, 0.05) is 26.4 Å². The number of rotatable bonds is 19. The molecule has 3 aromatic rings. The summed E-state index contributed by atoms with van der Waals surface area (Å²) in [6.45, 7) is 8.00. The summed E-state index contributed by atoms with van der Waals surface area (Å²) in [5, 5.41) is 24.0. The molecule has 3 rings (SSSR count). The van der Waals surface area contributed by atoms with Crippen LogP contribution in [-0.4, -0.2) is 82.3 Å². The van der Waals surface area contributed by atoms with Crippen LogP contribution in [0.25, 0.3) is 0 Å². The third kappa shape index (κ3) is 13.6. The third-order valence-corrected chi connectivity index (χ3v) is 7.83. The lowest BCUT2D eigenvalue weighted by molar-refractivity contribution is -0.159. The van der Waals surface area contributed by atoms with E-state index in [-0.39, 0.29) is 18.6 Å². The van der Waals surface area contributed by atoms with Gasteiger partial charge in [-0.2, -0.15) is 0 Å². The van der Waals surface area contributed by atoms with E-state index in [1.165, 1.54) is 24.1 Å². The number of aliphatic carboxylic acids is 2. The fourth-order valence-electron chi connectivity index (χ4n) is 5.02. The van der Waals surface area contributed by atoms with Gasteiger partial charge in [-0.15, -0.1) is 0 Å². The summed E-state index contributed by atoms with van der Waals surface area (Å²) in [6, 6.07) is 20.7. The van der Waals surface area contributed by atoms with Gasteiger partial charge in [0.05, 0.1) is 0 Å². The second-order valence-electron chi connectivity index (χ2n) is 13.3. The molecule has 0 aliphatic rings. The van der Waals surface area contributed by atoms with Gasteiger partial charge in [0.2, 0.25) is 11.8 Å². The van der Waals surface area contributed by atoms with Crippen LogP contribution >= 0.6 is 0 Å². The lowest BCUT2D eigenvalue weighted by Crippen LogP contribution is -2.56. The molecule has 0 spiro atoms. The summed E-state index contributed by atoms with van der Waals surface area (Å²) in [5.74, 6) is -3.70. The molecule has 13 nitrogen and oxygen atoms in total. The first kappa shape index (κ1) is 40.8. The molecule has 13 heteroatoms. The number of benzene rings is 3. The molecule has 0 aliphatic heterocycles. The molecule has 0 bridgehead atoms. The Morgan fingerprint density at radius 1 is 0.750 bits per heavy atom. The molecular weight excluding hydrogens is 670 g/mol. The van der Waals surface area contributed by atoms with Crippen LogP contribution in [0.3, 0.4) is 0 Å². The van der Waals surface area contributed by atoms with Gasteiger partial charge in [0.25, 0.3) is 6.10 Å². The summed E-state index contributed by atoms with van der Waals surface area (Å²) >= 11 is 0. The number of nitrogens with one attached hydrogen (secondary N) is 2. The third-order valence-electron chi connectivity index (χ3n) is 7.83. The monoisotopic (exact) mass is 719 g/mol. The number of unbranched alkanes of at least 4 members (excludes halogenated alkanes) is 2. The normalized spacial score (nSPS) is 12.3. The highest BCUT2D eigenvalue weighted by Crippen LogP contribution is 2.20. The Morgan fingerprint density at radius 2 is 1.33 bits per heavy atom. The van der Waals surface area contributed by atoms with E-state index in [0.717, 1.165) is 30.4 Å². The Morgan fingerprint density at radius 3 is 1.88 bits per heavy atom. The molecule has 3 amide bonds. The second-order valence-corrected chi connectivity index (χ2v) is 13.3. The summed E-state index contributed by atoms with van der Waals surface area (Å²) in [5.41, 5.74) is 1.50. The predicted octanol–water partition coefficient (Wildman–Crippen LogP) is 4.99. The van der Waals surface area contributed by atoms with Crippen LogP contribution in [0.1, 0.15) is 63.6 Å². The number of hydrogen-bond acceptors (Lipinski definition) is 8. The predicted molar refractivity (Wildman–Crippen MR) is 193 cm³/mol. The second kappa shape index (κ2) is 19.7. The molecule has 0 unspecified atom stereocenters. The number of amides is 3. The summed E-state index contributed by atoms with van der Waals surface area (Å²) in [7, 11) is 1.47. The lowest BCUT2D eigenvalue weighted by atomic mass is 10.0. The number of carbonyl (C=O) groups excluding carboxylic acids is 3. The highest BCUT2D eigenvalue weighted by atomic mass is 16.6. The van der Waals surface area contributed by atoms with Gasteiger partial charge in [-0.05, 0) is 68.1 Å². The minimum atomic E-state index is -2.09. The highest BCUT2D eigenvalue weighted by molar-refractivity contribution is 5.96.